The Labute approximate surface area is 114 Å². The molecule has 1 heterocycles. The normalized spacial score (nSPS) is 18.3. The van der Waals surface area contributed by atoms with E-state index in [1.54, 1.807) is 17.0 Å². The average molecular weight is 262 g/mol. The van der Waals surface area contributed by atoms with Crippen molar-refractivity contribution in [2.45, 2.75) is 25.4 Å². The van der Waals surface area contributed by atoms with Crippen molar-refractivity contribution in [2.24, 2.45) is 11.7 Å². The van der Waals surface area contributed by atoms with E-state index in [1.807, 2.05) is 18.2 Å². The molecule has 1 unspecified atom stereocenters. The van der Waals surface area contributed by atoms with Gasteiger partial charge in [0.05, 0.1) is 0 Å². The molecule has 0 radical (unpaired) electrons. The molecule has 1 amide bonds. The molecule has 0 aliphatic carbocycles. The lowest BCUT2D eigenvalue weighted by atomic mass is 9.93. The summed E-state index contributed by atoms with van der Waals surface area (Å²) in [7, 11) is 0. The fourth-order valence-corrected chi connectivity index (χ4v) is 2.63. The van der Waals surface area contributed by atoms with E-state index in [9.17, 15) is 9.90 Å². The number of nitrogens with zero attached hydrogens (tertiary/aromatic N) is 1. The first-order valence-corrected chi connectivity index (χ1v) is 6.94. The standard InChI is InChI=1S/C15H22N2O2/c16-9-6-12-7-10-17(11-8-12)15(19)14(18)13-4-2-1-3-5-13/h1-5,12,14,18H,6-11,16H2. The Balaban J connectivity index is 1.91. The summed E-state index contributed by atoms with van der Waals surface area (Å²) in [5, 5.41) is 10.1. The fraction of sp³-hybridized carbons (Fsp3) is 0.533. The molecule has 104 valence electrons. The van der Waals surface area contributed by atoms with Crippen LogP contribution in [0.5, 0.6) is 0 Å². The van der Waals surface area contributed by atoms with Crippen LogP contribution in [-0.2, 0) is 4.79 Å². The van der Waals surface area contributed by atoms with Gasteiger partial charge in [-0.1, -0.05) is 30.3 Å². The van der Waals surface area contributed by atoms with E-state index < -0.39 is 6.10 Å². The van der Waals surface area contributed by atoms with Crippen molar-refractivity contribution in [3.8, 4) is 0 Å². The highest BCUT2D eigenvalue weighted by molar-refractivity contribution is 5.82. The third-order valence-electron chi connectivity index (χ3n) is 3.85. The Kier molecular flexibility index (Phi) is 4.93. The molecule has 0 bridgehead atoms. The monoisotopic (exact) mass is 262 g/mol. The van der Waals surface area contributed by atoms with Gasteiger partial charge in [-0.2, -0.15) is 0 Å². The lowest BCUT2D eigenvalue weighted by Gasteiger charge is -2.33. The number of hydrogen-bond donors (Lipinski definition) is 2. The van der Waals surface area contributed by atoms with E-state index in [1.165, 1.54) is 0 Å². The van der Waals surface area contributed by atoms with Gasteiger partial charge in [-0.05, 0) is 37.3 Å². The first kappa shape index (κ1) is 14.0. The smallest absolute Gasteiger partial charge is 0.256 e. The van der Waals surface area contributed by atoms with Crippen molar-refractivity contribution in [1.29, 1.82) is 0 Å². The molecule has 1 atom stereocenters. The van der Waals surface area contributed by atoms with Gasteiger partial charge in [0.15, 0.2) is 6.10 Å². The molecular weight excluding hydrogens is 240 g/mol. The summed E-state index contributed by atoms with van der Waals surface area (Å²) in [6, 6.07) is 9.10. The lowest BCUT2D eigenvalue weighted by molar-refractivity contribution is -0.142. The van der Waals surface area contributed by atoms with Crippen LogP contribution in [-0.4, -0.2) is 35.5 Å². The van der Waals surface area contributed by atoms with Crippen LogP contribution in [0.15, 0.2) is 30.3 Å². The van der Waals surface area contributed by atoms with Gasteiger partial charge in [-0.25, -0.2) is 0 Å². The van der Waals surface area contributed by atoms with E-state index in [0.717, 1.165) is 32.4 Å². The van der Waals surface area contributed by atoms with Crippen molar-refractivity contribution in [2.75, 3.05) is 19.6 Å². The van der Waals surface area contributed by atoms with E-state index in [2.05, 4.69) is 0 Å². The van der Waals surface area contributed by atoms with Crippen LogP contribution in [0.4, 0.5) is 0 Å². The Hall–Kier alpha value is -1.39. The quantitative estimate of drug-likeness (QED) is 0.859. The number of benzene rings is 1. The molecule has 2 rings (SSSR count). The second kappa shape index (κ2) is 6.68. The number of aliphatic hydroxyl groups is 1. The van der Waals surface area contributed by atoms with Crippen LogP contribution in [0.3, 0.4) is 0 Å². The first-order chi connectivity index (χ1) is 9.22. The molecule has 4 nitrogen and oxygen atoms in total. The van der Waals surface area contributed by atoms with E-state index in [4.69, 9.17) is 5.73 Å². The maximum atomic E-state index is 12.2. The molecule has 1 saturated heterocycles. The van der Waals surface area contributed by atoms with Crippen molar-refractivity contribution < 1.29 is 9.90 Å². The van der Waals surface area contributed by atoms with Gasteiger partial charge in [0.2, 0.25) is 0 Å². The summed E-state index contributed by atoms with van der Waals surface area (Å²) < 4.78 is 0. The predicted molar refractivity (Wildman–Crippen MR) is 74.4 cm³/mol. The third kappa shape index (κ3) is 3.55. The van der Waals surface area contributed by atoms with Crippen molar-refractivity contribution in [3.05, 3.63) is 35.9 Å². The SMILES string of the molecule is NCCC1CCN(C(=O)C(O)c2ccccc2)CC1. The largest absolute Gasteiger partial charge is 0.378 e. The summed E-state index contributed by atoms with van der Waals surface area (Å²) in [5.41, 5.74) is 6.22. The highest BCUT2D eigenvalue weighted by Gasteiger charge is 2.27. The highest BCUT2D eigenvalue weighted by Crippen LogP contribution is 2.23. The Bertz CT molecular complexity index is 400. The van der Waals surface area contributed by atoms with Gasteiger partial charge in [-0.3, -0.25) is 4.79 Å². The van der Waals surface area contributed by atoms with E-state index >= 15 is 0 Å². The van der Waals surface area contributed by atoms with Crippen molar-refractivity contribution in [1.82, 2.24) is 4.90 Å². The van der Waals surface area contributed by atoms with Crippen LogP contribution in [0.1, 0.15) is 30.9 Å². The number of amides is 1. The van der Waals surface area contributed by atoms with Gasteiger partial charge in [0, 0.05) is 13.1 Å². The maximum Gasteiger partial charge on any atom is 0.256 e. The molecular formula is C15H22N2O2. The second-order valence-corrected chi connectivity index (χ2v) is 5.16. The molecule has 1 aromatic carbocycles. The minimum atomic E-state index is -1.03. The van der Waals surface area contributed by atoms with Crippen molar-refractivity contribution >= 4 is 5.91 Å². The zero-order chi connectivity index (χ0) is 13.7. The van der Waals surface area contributed by atoms with Crippen LogP contribution in [0.2, 0.25) is 0 Å². The molecule has 3 N–H and O–H groups in total. The van der Waals surface area contributed by atoms with Crippen LogP contribution in [0, 0.1) is 5.92 Å². The molecule has 0 aromatic heterocycles. The number of carbonyl (C=O) groups is 1. The number of aliphatic hydroxyl groups excluding tert-OH is 1. The molecule has 1 aromatic rings. The minimum Gasteiger partial charge on any atom is -0.378 e. The van der Waals surface area contributed by atoms with Crippen LogP contribution >= 0.6 is 0 Å². The summed E-state index contributed by atoms with van der Waals surface area (Å²) in [6.45, 7) is 2.17. The first-order valence-electron chi connectivity index (χ1n) is 6.94. The number of carbonyl (C=O) groups excluding carboxylic acids is 1. The third-order valence-corrected chi connectivity index (χ3v) is 3.85. The Morgan fingerprint density at radius 3 is 2.53 bits per heavy atom. The maximum absolute atomic E-state index is 12.2. The lowest BCUT2D eigenvalue weighted by Crippen LogP contribution is -2.41. The summed E-state index contributed by atoms with van der Waals surface area (Å²) in [4.78, 5) is 14.0. The molecule has 1 fully saturated rings. The molecule has 0 saturated carbocycles. The van der Waals surface area contributed by atoms with Gasteiger partial charge in [-0.15, -0.1) is 0 Å². The number of piperidine rings is 1. The summed E-state index contributed by atoms with van der Waals surface area (Å²) >= 11 is 0. The van der Waals surface area contributed by atoms with Gasteiger partial charge in [0.25, 0.3) is 5.91 Å². The van der Waals surface area contributed by atoms with Gasteiger partial charge < -0.3 is 15.7 Å². The molecule has 4 heteroatoms. The van der Waals surface area contributed by atoms with Gasteiger partial charge >= 0.3 is 0 Å². The average Bonchev–Trinajstić information content (AvgIpc) is 2.48. The van der Waals surface area contributed by atoms with Crippen molar-refractivity contribution in [3.63, 3.8) is 0 Å². The number of rotatable bonds is 4. The van der Waals surface area contributed by atoms with Crippen LogP contribution < -0.4 is 5.73 Å². The second-order valence-electron chi connectivity index (χ2n) is 5.16. The number of nitrogens with two attached hydrogens (primary N) is 1. The zero-order valence-corrected chi connectivity index (χ0v) is 11.2. The highest BCUT2D eigenvalue weighted by atomic mass is 16.3. The fourth-order valence-electron chi connectivity index (χ4n) is 2.63. The van der Waals surface area contributed by atoms with Gasteiger partial charge in [0.1, 0.15) is 0 Å². The van der Waals surface area contributed by atoms with E-state index in [-0.39, 0.29) is 5.91 Å². The minimum absolute atomic E-state index is 0.183. The topological polar surface area (TPSA) is 66.6 Å². The zero-order valence-electron chi connectivity index (χ0n) is 11.2. The summed E-state index contributed by atoms with van der Waals surface area (Å²) in [6.07, 6.45) is 1.98. The molecule has 19 heavy (non-hydrogen) atoms. The Morgan fingerprint density at radius 2 is 1.95 bits per heavy atom. The molecule has 1 aliphatic heterocycles. The van der Waals surface area contributed by atoms with E-state index in [0.29, 0.717) is 18.0 Å². The molecule has 0 spiro atoms. The predicted octanol–water partition coefficient (Wildman–Crippen LogP) is 1.31. The Morgan fingerprint density at radius 1 is 1.32 bits per heavy atom. The number of likely N-dealkylation sites (tertiary alicyclic amines) is 1. The molecule has 1 aliphatic rings. The summed E-state index contributed by atoms with van der Waals surface area (Å²) in [5.74, 6) is 0.445. The van der Waals surface area contributed by atoms with Crippen LogP contribution in [0.25, 0.3) is 0 Å². The number of hydrogen-bond acceptors (Lipinski definition) is 3.